The number of carbonyl (C=O) groups excluding carboxylic acids is 1. The molecule has 1 aliphatic rings. The Morgan fingerprint density at radius 3 is 2.85 bits per heavy atom. The minimum absolute atomic E-state index is 0.131. The molecule has 6 heteroatoms. The third-order valence-corrected chi connectivity index (χ3v) is 5.39. The summed E-state index contributed by atoms with van der Waals surface area (Å²) in [5.41, 5.74) is 3.91. The second-order valence-electron chi connectivity index (χ2n) is 6.13. The summed E-state index contributed by atoms with van der Waals surface area (Å²) in [5, 5.41) is 5.20. The van der Waals surface area contributed by atoms with Gasteiger partial charge in [-0.1, -0.05) is 29.8 Å². The van der Waals surface area contributed by atoms with Crippen molar-refractivity contribution in [3.63, 3.8) is 0 Å². The van der Waals surface area contributed by atoms with E-state index < -0.39 is 0 Å². The van der Waals surface area contributed by atoms with Crippen molar-refractivity contribution in [2.24, 2.45) is 12.0 Å². The maximum absolute atomic E-state index is 12.4. The lowest BCUT2D eigenvalue weighted by Gasteiger charge is -2.01. The van der Waals surface area contributed by atoms with Gasteiger partial charge in [-0.05, 0) is 54.6 Å². The zero-order valence-electron chi connectivity index (χ0n) is 14.3. The molecule has 0 aliphatic carbocycles. The summed E-state index contributed by atoms with van der Waals surface area (Å²) >= 11 is 7.33. The largest absolute Gasteiger partial charge is 0.350 e. The van der Waals surface area contributed by atoms with Crippen molar-refractivity contribution in [2.45, 2.75) is 6.92 Å². The number of aromatic nitrogens is 1. The van der Waals surface area contributed by atoms with Gasteiger partial charge >= 0.3 is 0 Å². The average molecular weight is 382 g/mol. The molecule has 0 bridgehead atoms. The number of thioether (sulfide) groups is 1. The van der Waals surface area contributed by atoms with E-state index in [0.717, 1.165) is 27.7 Å². The smallest absolute Gasteiger partial charge is 0.264 e. The maximum atomic E-state index is 12.4. The first-order chi connectivity index (χ1) is 12.5. The van der Waals surface area contributed by atoms with Crippen molar-refractivity contribution >= 4 is 57.1 Å². The standard InChI is InChI=1S/C20H16ClN3OS/c1-12-9-14(21)7-8-16(12)22-20-23-19(25)18(26-20)10-13-11-24(2)17-6-4-3-5-15(13)17/h3-11H,1-2H3,(H,22,23,25). The van der Waals surface area contributed by atoms with E-state index in [0.29, 0.717) is 15.1 Å². The van der Waals surface area contributed by atoms with Gasteiger partial charge in [0, 0.05) is 34.7 Å². The highest BCUT2D eigenvalue weighted by Gasteiger charge is 2.24. The van der Waals surface area contributed by atoms with Gasteiger partial charge < -0.3 is 9.88 Å². The number of amides is 1. The van der Waals surface area contributed by atoms with Crippen molar-refractivity contribution in [1.29, 1.82) is 0 Å². The zero-order valence-corrected chi connectivity index (χ0v) is 15.9. The van der Waals surface area contributed by atoms with Gasteiger partial charge in [0.25, 0.3) is 5.91 Å². The van der Waals surface area contributed by atoms with Crippen LogP contribution in [0.15, 0.2) is 58.6 Å². The van der Waals surface area contributed by atoms with Gasteiger partial charge in [0.1, 0.15) is 0 Å². The van der Waals surface area contributed by atoms with Crippen molar-refractivity contribution in [1.82, 2.24) is 9.88 Å². The van der Waals surface area contributed by atoms with Gasteiger partial charge in [-0.15, -0.1) is 0 Å². The van der Waals surface area contributed by atoms with Crippen molar-refractivity contribution in [3.8, 4) is 0 Å². The number of benzene rings is 2. The molecule has 1 fully saturated rings. The molecular weight excluding hydrogens is 366 g/mol. The van der Waals surface area contributed by atoms with Crippen LogP contribution in [0.25, 0.3) is 17.0 Å². The van der Waals surface area contributed by atoms with Crippen LogP contribution < -0.4 is 5.32 Å². The summed E-state index contributed by atoms with van der Waals surface area (Å²) in [4.78, 5) is 17.5. The Hall–Kier alpha value is -2.50. The third-order valence-electron chi connectivity index (χ3n) is 4.25. The molecule has 1 aliphatic heterocycles. The molecule has 1 aromatic heterocycles. The predicted octanol–water partition coefficient (Wildman–Crippen LogP) is 5.03. The molecule has 2 aromatic carbocycles. The number of hydrogen-bond acceptors (Lipinski definition) is 3. The Morgan fingerprint density at radius 2 is 2.04 bits per heavy atom. The first-order valence-corrected chi connectivity index (χ1v) is 9.30. The van der Waals surface area contributed by atoms with Crippen LogP contribution in [0.2, 0.25) is 5.02 Å². The van der Waals surface area contributed by atoms with E-state index in [1.807, 2.05) is 50.5 Å². The van der Waals surface area contributed by atoms with Gasteiger partial charge in [0.05, 0.1) is 10.6 Å². The monoisotopic (exact) mass is 381 g/mol. The minimum atomic E-state index is -0.131. The van der Waals surface area contributed by atoms with Crippen LogP contribution in [0.4, 0.5) is 5.69 Å². The van der Waals surface area contributed by atoms with E-state index in [9.17, 15) is 4.79 Å². The molecule has 26 heavy (non-hydrogen) atoms. The fraction of sp³-hybridized carbons (Fsp3) is 0.100. The fourth-order valence-electron chi connectivity index (χ4n) is 2.96. The molecule has 4 rings (SSSR count). The summed E-state index contributed by atoms with van der Waals surface area (Å²) < 4.78 is 2.06. The molecular formula is C20H16ClN3OS. The first-order valence-electron chi connectivity index (χ1n) is 8.11. The number of carbonyl (C=O) groups is 1. The molecule has 2 heterocycles. The molecule has 1 saturated heterocycles. The highest BCUT2D eigenvalue weighted by atomic mass is 35.5. The number of amidine groups is 1. The van der Waals surface area contributed by atoms with Crippen LogP contribution >= 0.6 is 23.4 Å². The SMILES string of the molecule is Cc1cc(Cl)ccc1N=C1NC(=O)C(=Cc2cn(C)c3ccccc23)S1. The van der Waals surface area contributed by atoms with Crippen LogP contribution in [0.3, 0.4) is 0 Å². The summed E-state index contributed by atoms with van der Waals surface area (Å²) in [6.45, 7) is 1.94. The summed E-state index contributed by atoms with van der Waals surface area (Å²) in [7, 11) is 2.00. The van der Waals surface area contributed by atoms with Crippen LogP contribution in [0, 0.1) is 6.92 Å². The fourth-order valence-corrected chi connectivity index (χ4v) is 4.02. The van der Waals surface area contributed by atoms with E-state index in [1.165, 1.54) is 11.8 Å². The lowest BCUT2D eigenvalue weighted by atomic mass is 10.1. The van der Waals surface area contributed by atoms with Crippen LogP contribution in [0.1, 0.15) is 11.1 Å². The molecule has 4 nitrogen and oxygen atoms in total. The molecule has 1 N–H and O–H groups in total. The second-order valence-corrected chi connectivity index (χ2v) is 7.59. The van der Waals surface area contributed by atoms with Crippen molar-refractivity contribution in [2.75, 3.05) is 0 Å². The molecule has 0 radical (unpaired) electrons. The Bertz CT molecular complexity index is 1100. The van der Waals surface area contributed by atoms with Gasteiger partial charge in [-0.3, -0.25) is 4.79 Å². The number of aliphatic imine (C=N–C) groups is 1. The molecule has 0 saturated carbocycles. The average Bonchev–Trinajstić information content (AvgIpc) is 3.11. The number of rotatable bonds is 2. The van der Waals surface area contributed by atoms with E-state index in [-0.39, 0.29) is 5.91 Å². The Balaban J connectivity index is 1.67. The van der Waals surface area contributed by atoms with Gasteiger partial charge in [-0.25, -0.2) is 4.99 Å². The molecule has 0 unspecified atom stereocenters. The molecule has 3 aromatic rings. The Kier molecular flexibility index (Phi) is 4.34. The van der Waals surface area contributed by atoms with Crippen LogP contribution in [0.5, 0.6) is 0 Å². The van der Waals surface area contributed by atoms with Crippen molar-refractivity contribution in [3.05, 3.63) is 69.7 Å². The van der Waals surface area contributed by atoms with E-state index in [4.69, 9.17) is 11.6 Å². The number of hydrogen-bond donors (Lipinski definition) is 1. The molecule has 0 atom stereocenters. The number of nitrogens with zero attached hydrogens (tertiary/aromatic N) is 2. The van der Waals surface area contributed by atoms with E-state index >= 15 is 0 Å². The van der Waals surface area contributed by atoms with Crippen LogP contribution in [-0.2, 0) is 11.8 Å². The summed E-state index contributed by atoms with van der Waals surface area (Å²) in [5.74, 6) is -0.131. The number of fused-ring (bicyclic) bond motifs is 1. The topological polar surface area (TPSA) is 46.4 Å². The highest BCUT2D eigenvalue weighted by Crippen LogP contribution is 2.31. The Labute approximate surface area is 160 Å². The summed E-state index contributed by atoms with van der Waals surface area (Å²) in [6, 6.07) is 13.6. The van der Waals surface area contributed by atoms with Gasteiger partial charge in [-0.2, -0.15) is 0 Å². The number of aryl methyl sites for hydroxylation is 2. The normalized spacial score (nSPS) is 17.4. The Morgan fingerprint density at radius 1 is 1.23 bits per heavy atom. The third kappa shape index (κ3) is 3.16. The summed E-state index contributed by atoms with van der Waals surface area (Å²) in [6.07, 6.45) is 3.95. The van der Waals surface area contributed by atoms with Crippen LogP contribution in [-0.4, -0.2) is 15.6 Å². The lowest BCUT2D eigenvalue weighted by Crippen LogP contribution is -2.19. The second kappa shape index (κ2) is 6.67. The first kappa shape index (κ1) is 16.9. The molecule has 1 amide bonds. The number of nitrogens with one attached hydrogen (secondary N) is 1. The maximum Gasteiger partial charge on any atom is 0.264 e. The number of para-hydroxylation sites is 1. The number of halogens is 1. The predicted molar refractivity (Wildman–Crippen MR) is 110 cm³/mol. The van der Waals surface area contributed by atoms with E-state index in [1.54, 1.807) is 6.07 Å². The molecule has 0 spiro atoms. The zero-order chi connectivity index (χ0) is 18.3. The minimum Gasteiger partial charge on any atom is -0.350 e. The van der Waals surface area contributed by atoms with E-state index in [2.05, 4.69) is 27.0 Å². The highest BCUT2D eigenvalue weighted by molar-refractivity contribution is 8.18. The van der Waals surface area contributed by atoms with Crippen molar-refractivity contribution < 1.29 is 4.79 Å². The lowest BCUT2D eigenvalue weighted by molar-refractivity contribution is -0.115. The van der Waals surface area contributed by atoms with Gasteiger partial charge in [0.15, 0.2) is 5.17 Å². The van der Waals surface area contributed by atoms with Gasteiger partial charge in [0.2, 0.25) is 0 Å². The molecule has 130 valence electrons. The quantitative estimate of drug-likeness (QED) is 0.632.